The fraction of sp³-hybridized carbons (Fsp3) is 0.588. The van der Waals surface area contributed by atoms with E-state index < -0.39 is 5.54 Å². The lowest BCUT2D eigenvalue weighted by Gasteiger charge is -2.44. The molecule has 0 unspecified atom stereocenters. The minimum atomic E-state index is -0.395. The van der Waals surface area contributed by atoms with Crippen LogP contribution < -0.4 is 0 Å². The van der Waals surface area contributed by atoms with Crippen molar-refractivity contribution >= 4 is 5.97 Å². The lowest BCUT2D eigenvalue weighted by molar-refractivity contribution is -0.160. The van der Waals surface area contributed by atoms with E-state index in [2.05, 4.69) is 36.1 Å². The first-order valence-corrected chi connectivity index (χ1v) is 7.61. The van der Waals surface area contributed by atoms with Gasteiger partial charge < -0.3 is 4.74 Å². The van der Waals surface area contributed by atoms with Gasteiger partial charge in [-0.2, -0.15) is 0 Å². The Labute approximate surface area is 120 Å². The number of rotatable bonds is 4. The molecule has 3 heteroatoms. The number of esters is 1. The zero-order valence-corrected chi connectivity index (χ0v) is 12.3. The van der Waals surface area contributed by atoms with Gasteiger partial charge in [-0.1, -0.05) is 37.3 Å². The van der Waals surface area contributed by atoms with Crippen LogP contribution in [0.25, 0.3) is 0 Å². The molecule has 1 saturated carbocycles. The number of methoxy groups -OCH3 is 1. The van der Waals surface area contributed by atoms with Crippen LogP contribution in [-0.2, 0) is 16.1 Å². The normalized spacial score (nSPS) is 32.5. The zero-order valence-electron chi connectivity index (χ0n) is 12.3. The number of hydrogen-bond acceptors (Lipinski definition) is 3. The highest BCUT2D eigenvalue weighted by Gasteiger charge is 2.60. The molecule has 0 aromatic heterocycles. The van der Waals surface area contributed by atoms with Gasteiger partial charge in [-0.15, -0.1) is 0 Å². The first-order valence-electron chi connectivity index (χ1n) is 7.61. The molecule has 1 saturated heterocycles. The van der Waals surface area contributed by atoms with Crippen LogP contribution in [0.15, 0.2) is 30.3 Å². The van der Waals surface area contributed by atoms with E-state index in [0.29, 0.717) is 12.0 Å². The summed E-state index contributed by atoms with van der Waals surface area (Å²) in [5.74, 6) is 0.428. The predicted molar refractivity (Wildman–Crippen MR) is 78.2 cm³/mol. The fourth-order valence-electron chi connectivity index (χ4n) is 4.38. The maximum absolute atomic E-state index is 12.5. The van der Waals surface area contributed by atoms with E-state index in [1.807, 2.05) is 6.07 Å². The number of carbonyl (C=O) groups is 1. The van der Waals surface area contributed by atoms with E-state index in [4.69, 9.17) is 4.74 Å². The van der Waals surface area contributed by atoms with Crippen molar-refractivity contribution in [3.63, 3.8) is 0 Å². The summed E-state index contributed by atoms with van der Waals surface area (Å²) in [6.07, 6.45) is 4.37. The Bertz CT molecular complexity index is 487. The smallest absolute Gasteiger partial charge is 0.326 e. The van der Waals surface area contributed by atoms with Gasteiger partial charge in [-0.05, 0) is 37.2 Å². The van der Waals surface area contributed by atoms with Crippen molar-refractivity contribution in [2.24, 2.45) is 5.92 Å². The summed E-state index contributed by atoms with van der Waals surface area (Å²) >= 11 is 0. The van der Waals surface area contributed by atoms with Gasteiger partial charge in [0.25, 0.3) is 0 Å². The Balaban J connectivity index is 1.92. The number of carbonyl (C=O) groups excluding carboxylic acids is 1. The lowest BCUT2D eigenvalue weighted by Crippen LogP contribution is -2.57. The maximum Gasteiger partial charge on any atom is 0.326 e. The number of likely N-dealkylation sites (tertiary alicyclic amines) is 1. The summed E-state index contributed by atoms with van der Waals surface area (Å²) < 4.78 is 5.17. The van der Waals surface area contributed by atoms with Crippen molar-refractivity contribution in [3.8, 4) is 0 Å². The summed E-state index contributed by atoms with van der Waals surface area (Å²) in [5.41, 5.74) is 0.884. The topological polar surface area (TPSA) is 29.5 Å². The molecule has 0 spiro atoms. The first kappa shape index (κ1) is 13.6. The Morgan fingerprint density at radius 1 is 1.35 bits per heavy atom. The molecule has 0 radical (unpaired) electrons. The second kappa shape index (κ2) is 5.21. The van der Waals surface area contributed by atoms with E-state index in [1.54, 1.807) is 0 Å². The van der Waals surface area contributed by atoms with Gasteiger partial charge in [0.2, 0.25) is 0 Å². The lowest BCUT2D eigenvalue weighted by atomic mass is 9.80. The van der Waals surface area contributed by atoms with E-state index >= 15 is 0 Å². The number of benzene rings is 1. The molecule has 2 aliphatic rings. The van der Waals surface area contributed by atoms with Gasteiger partial charge in [-0.25, -0.2) is 0 Å². The largest absolute Gasteiger partial charge is 0.468 e. The maximum atomic E-state index is 12.5. The fourth-order valence-corrected chi connectivity index (χ4v) is 4.38. The van der Waals surface area contributed by atoms with Crippen LogP contribution in [0.5, 0.6) is 0 Å². The molecule has 108 valence electrons. The number of fused-ring (bicyclic) bond motifs is 2. The highest BCUT2D eigenvalue weighted by molar-refractivity contribution is 5.82. The third-order valence-corrected chi connectivity index (χ3v) is 5.31. The Hall–Kier alpha value is -1.35. The van der Waals surface area contributed by atoms with E-state index in [0.717, 1.165) is 19.4 Å². The van der Waals surface area contributed by atoms with Gasteiger partial charge in [0.15, 0.2) is 0 Å². The minimum Gasteiger partial charge on any atom is -0.468 e. The SMILES string of the molecule is CC[C@@]1(C(=O)OC)[C@@H]2CC[C@@H](C2)N1Cc1ccccc1. The van der Waals surface area contributed by atoms with Gasteiger partial charge in [0.1, 0.15) is 5.54 Å². The predicted octanol–water partition coefficient (Wildman–Crippen LogP) is 2.99. The molecule has 20 heavy (non-hydrogen) atoms. The van der Waals surface area contributed by atoms with Gasteiger partial charge in [0.05, 0.1) is 7.11 Å². The molecule has 0 amide bonds. The molecule has 1 aliphatic carbocycles. The standard InChI is InChI=1S/C17H23NO2/c1-3-17(16(19)20-2)14-9-10-15(11-14)18(17)12-13-7-5-4-6-8-13/h4-8,14-15H,3,9-12H2,1-2H3/t14-,15+,17+/m1/s1. The van der Waals surface area contributed by atoms with Gasteiger partial charge in [-0.3, -0.25) is 9.69 Å². The molecule has 1 aliphatic heterocycles. The molecule has 1 heterocycles. The van der Waals surface area contributed by atoms with Crippen LogP contribution in [0.1, 0.15) is 38.2 Å². The van der Waals surface area contributed by atoms with Gasteiger partial charge >= 0.3 is 5.97 Å². The summed E-state index contributed by atoms with van der Waals surface area (Å²) in [6.45, 7) is 2.97. The van der Waals surface area contributed by atoms with Crippen molar-refractivity contribution < 1.29 is 9.53 Å². The second-order valence-corrected chi connectivity index (χ2v) is 6.05. The number of nitrogens with zero attached hydrogens (tertiary/aromatic N) is 1. The summed E-state index contributed by atoms with van der Waals surface area (Å²) in [5, 5.41) is 0. The van der Waals surface area contributed by atoms with Crippen molar-refractivity contribution in [2.45, 2.75) is 50.7 Å². The van der Waals surface area contributed by atoms with Crippen LogP contribution in [0, 0.1) is 5.92 Å². The molecule has 3 nitrogen and oxygen atoms in total. The van der Waals surface area contributed by atoms with Crippen molar-refractivity contribution in [2.75, 3.05) is 7.11 Å². The average Bonchev–Trinajstić information content (AvgIpc) is 3.08. The van der Waals surface area contributed by atoms with E-state index in [-0.39, 0.29) is 5.97 Å². The summed E-state index contributed by atoms with van der Waals surface area (Å²) in [7, 11) is 1.52. The number of hydrogen-bond donors (Lipinski definition) is 0. The van der Waals surface area contributed by atoms with E-state index in [1.165, 1.54) is 25.5 Å². The highest BCUT2D eigenvalue weighted by Crippen LogP contribution is 2.51. The third kappa shape index (κ3) is 1.87. The molecule has 2 bridgehead atoms. The van der Waals surface area contributed by atoms with Crippen LogP contribution in [0.2, 0.25) is 0 Å². The molecule has 0 N–H and O–H groups in total. The Morgan fingerprint density at radius 2 is 2.10 bits per heavy atom. The van der Waals surface area contributed by atoms with E-state index in [9.17, 15) is 4.79 Å². The number of ether oxygens (including phenoxy) is 1. The quantitative estimate of drug-likeness (QED) is 0.790. The molecule has 2 fully saturated rings. The molecular formula is C17H23NO2. The molecule has 3 rings (SSSR count). The Morgan fingerprint density at radius 3 is 2.75 bits per heavy atom. The molecule has 1 aromatic rings. The summed E-state index contributed by atoms with van der Waals surface area (Å²) in [6, 6.07) is 11.0. The third-order valence-electron chi connectivity index (χ3n) is 5.31. The highest BCUT2D eigenvalue weighted by atomic mass is 16.5. The monoisotopic (exact) mass is 273 g/mol. The van der Waals surface area contributed by atoms with Gasteiger partial charge in [0, 0.05) is 12.6 Å². The van der Waals surface area contributed by atoms with Crippen LogP contribution >= 0.6 is 0 Å². The second-order valence-electron chi connectivity index (χ2n) is 6.05. The summed E-state index contributed by atoms with van der Waals surface area (Å²) in [4.78, 5) is 14.9. The number of piperidine rings is 1. The van der Waals surface area contributed by atoms with Crippen molar-refractivity contribution in [1.29, 1.82) is 0 Å². The zero-order chi connectivity index (χ0) is 14.2. The van der Waals surface area contributed by atoms with Crippen molar-refractivity contribution in [3.05, 3.63) is 35.9 Å². The minimum absolute atomic E-state index is 0.0388. The Kier molecular flexibility index (Phi) is 3.55. The van der Waals surface area contributed by atoms with Crippen molar-refractivity contribution in [1.82, 2.24) is 4.90 Å². The molecular weight excluding hydrogens is 250 g/mol. The molecule has 1 aromatic carbocycles. The van der Waals surface area contributed by atoms with Crippen LogP contribution in [-0.4, -0.2) is 29.6 Å². The first-order chi connectivity index (χ1) is 9.72. The van der Waals surface area contributed by atoms with Crippen LogP contribution in [0.3, 0.4) is 0 Å². The molecule has 3 atom stereocenters. The average molecular weight is 273 g/mol. The van der Waals surface area contributed by atoms with Crippen LogP contribution in [0.4, 0.5) is 0 Å².